The van der Waals surface area contributed by atoms with Gasteiger partial charge < -0.3 is 14.0 Å². The van der Waals surface area contributed by atoms with Crippen molar-refractivity contribution in [2.75, 3.05) is 13.2 Å². The highest BCUT2D eigenvalue weighted by molar-refractivity contribution is 7.16. The van der Waals surface area contributed by atoms with Crippen LogP contribution in [0.15, 0.2) is 53.5 Å². The maximum atomic E-state index is 13.6. The van der Waals surface area contributed by atoms with Gasteiger partial charge in [0.15, 0.2) is 11.4 Å². The number of halogens is 1. The molecular weight excluding hydrogens is 383 g/mol. The summed E-state index contributed by atoms with van der Waals surface area (Å²) in [6, 6.07) is 13.3. The number of hydrogen-bond donors (Lipinski definition) is 0. The molecule has 0 fully saturated rings. The van der Waals surface area contributed by atoms with E-state index in [0.717, 1.165) is 0 Å². The fraction of sp³-hybridized carbons (Fsp3) is 0.250. The quantitative estimate of drug-likeness (QED) is 0.569. The van der Waals surface area contributed by atoms with Gasteiger partial charge in [0.05, 0.1) is 23.2 Å². The number of ether oxygens (including phenoxy) is 2. The van der Waals surface area contributed by atoms with Crippen molar-refractivity contribution in [1.82, 2.24) is 4.57 Å². The van der Waals surface area contributed by atoms with Gasteiger partial charge in [-0.1, -0.05) is 29.5 Å². The summed E-state index contributed by atoms with van der Waals surface area (Å²) >= 11 is 1.18. The van der Waals surface area contributed by atoms with Crippen LogP contribution in [0.4, 0.5) is 4.39 Å². The molecule has 0 unspecified atom stereocenters. The predicted octanol–water partition coefficient (Wildman–Crippen LogP) is 3.30. The third kappa shape index (κ3) is 5.04. The SMILES string of the molecule is CCOC(=O)CCn1c(=NC(=O)COc2ccccc2)sc2cc(F)ccc21. The Labute approximate surface area is 164 Å². The fourth-order valence-corrected chi connectivity index (χ4v) is 3.68. The molecule has 3 aromatic rings. The largest absolute Gasteiger partial charge is 0.484 e. The molecule has 0 bridgehead atoms. The van der Waals surface area contributed by atoms with Crippen molar-refractivity contribution in [3.63, 3.8) is 0 Å². The van der Waals surface area contributed by atoms with Gasteiger partial charge in [-0.2, -0.15) is 4.99 Å². The molecule has 28 heavy (non-hydrogen) atoms. The van der Waals surface area contributed by atoms with Gasteiger partial charge in [-0.3, -0.25) is 9.59 Å². The summed E-state index contributed by atoms with van der Waals surface area (Å²) in [5.74, 6) is -0.627. The van der Waals surface area contributed by atoms with Crippen LogP contribution in [0.25, 0.3) is 10.2 Å². The van der Waals surface area contributed by atoms with Gasteiger partial charge in [-0.05, 0) is 37.3 Å². The minimum Gasteiger partial charge on any atom is -0.484 e. The average molecular weight is 402 g/mol. The van der Waals surface area contributed by atoms with Gasteiger partial charge in [0.2, 0.25) is 0 Å². The number of rotatable bonds is 7. The van der Waals surface area contributed by atoms with E-state index < -0.39 is 5.91 Å². The van der Waals surface area contributed by atoms with E-state index >= 15 is 0 Å². The molecule has 0 radical (unpaired) electrons. The number of thiazole rings is 1. The number of esters is 1. The Kier molecular flexibility index (Phi) is 6.54. The Balaban J connectivity index is 1.85. The number of nitrogens with zero attached hydrogens (tertiary/aromatic N) is 2. The van der Waals surface area contributed by atoms with E-state index in [9.17, 15) is 14.0 Å². The molecule has 8 heteroatoms. The van der Waals surface area contributed by atoms with Crippen molar-refractivity contribution in [3.8, 4) is 5.75 Å². The standard InChI is InChI=1S/C20H19FN2O4S/c1-2-26-19(25)10-11-23-16-9-8-14(21)12-17(16)28-20(23)22-18(24)13-27-15-6-4-3-5-7-15/h3-9,12H,2,10-11,13H2,1H3. The number of hydrogen-bond acceptors (Lipinski definition) is 5. The van der Waals surface area contributed by atoms with Crippen molar-refractivity contribution in [2.24, 2.45) is 4.99 Å². The number of aryl methyl sites for hydroxylation is 1. The fourth-order valence-electron chi connectivity index (χ4n) is 2.59. The Morgan fingerprint density at radius 2 is 1.96 bits per heavy atom. The lowest BCUT2D eigenvalue weighted by Crippen LogP contribution is -2.21. The zero-order valence-corrected chi connectivity index (χ0v) is 16.1. The molecule has 0 N–H and O–H groups in total. The van der Waals surface area contributed by atoms with Crippen molar-refractivity contribution >= 4 is 33.4 Å². The van der Waals surface area contributed by atoms with Crippen LogP contribution in [0.1, 0.15) is 13.3 Å². The van der Waals surface area contributed by atoms with Crippen molar-refractivity contribution in [3.05, 3.63) is 59.1 Å². The molecule has 0 aliphatic heterocycles. The van der Waals surface area contributed by atoms with E-state index in [1.807, 2.05) is 6.07 Å². The van der Waals surface area contributed by atoms with Crippen LogP contribution in [0.2, 0.25) is 0 Å². The summed E-state index contributed by atoms with van der Waals surface area (Å²) in [7, 11) is 0. The number of benzene rings is 2. The minimum absolute atomic E-state index is 0.124. The topological polar surface area (TPSA) is 69.9 Å². The molecule has 0 saturated heterocycles. The van der Waals surface area contributed by atoms with Gasteiger partial charge in [-0.25, -0.2) is 4.39 Å². The van der Waals surface area contributed by atoms with E-state index in [2.05, 4.69) is 4.99 Å². The van der Waals surface area contributed by atoms with Crippen LogP contribution in [0.5, 0.6) is 5.75 Å². The first kappa shape index (κ1) is 19.8. The molecule has 6 nitrogen and oxygen atoms in total. The highest BCUT2D eigenvalue weighted by Gasteiger charge is 2.11. The minimum atomic E-state index is -0.472. The molecule has 1 amide bonds. The van der Waals surface area contributed by atoms with E-state index in [1.54, 1.807) is 41.8 Å². The van der Waals surface area contributed by atoms with Crippen LogP contribution in [0, 0.1) is 5.82 Å². The molecular formula is C20H19FN2O4S. The number of para-hydroxylation sites is 1. The van der Waals surface area contributed by atoms with Crippen molar-refractivity contribution < 1.29 is 23.5 Å². The Morgan fingerprint density at radius 1 is 1.18 bits per heavy atom. The van der Waals surface area contributed by atoms with Crippen LogP contribution in [-0.2, 0) is 20.9 Å². The second-order valence-corrected chi connectivity index (χ2v) is 6.82. The van der Waals surface area contributed by atoms with Gasteiger partial charge in [-0.15, -0.1) is 0 Å². The van der Waals surface area contributed by atoms with Crippen LogP contribution in [-0.4, -0.2) is 29.7 Å². The predicted molar refractivity (Wildman–Crippen MR) is 104 cm³/mol. The van der Waals surface area contributed by atoms with Crippen molar-refractivity contribution in [1.29, 1.82) is 0 Å². The number of amides is 1. The van der Waals surface area contributed by atoms with Crippen LogP contribution >= 0.6 is 11.3 Å². The maximum absolute atomic E-state index is 13.6. The van der Waals surface area contributed by atoms with E-state index in [4.69, 9.17) is 9.47 Å². The number of fused-ring (bicyclic) bond motifs is 1. The number of carbonyl (C=O) groups is 2. The monoisotopic (exact) mass is 402 g/mol. The molecule has 0 atom stereocenters. The smallest absolute Gasteiger partial charge is 0.307 e. The molecule has 146 valence electrons. The molecule has 1 aromatic heterocycles. The van der Waals surface area contributed by atoms with Crippen molar-refractivity contribution in [2.45, 2.75) is 19.9 Å². The van der Waals surface area contributed by atoms with Crippen LogP contribution < -0.4 is 9.54 Å². The van der Waals surface area contributed by atoms with E-state index in [0.29, 0.717) is 27.4 Å². The summed E-state index contributed by atoms with van der Waals surface area (Å²) in [4.78, 5) is 28.5. The third-order valence-electron chi connectivity index (χ3n) is 3.82. The lowest BCUT2D eigenvalue weighted by molar-refractivity contribution is -0.143. The summed E-state index contributed by atoms with van der Waals surface area (Å²) in [5.41, 5.74) is 0.700. The first-order valence-corrected chi connectivity index (χ1v) is 9.58. The lowest BCUT2D eigenvalue weighted by Gasteiger charge is -2.05. The average Bonchev–Trinajstić information content (AvgIpc) is 3.01. The molecule has 3 rings (SSSR count). The zero-order chi connectivity index (χ0) is 19.9. The van der Waals surface area contributed by atoms with Gasteiger partial charge >= 0.3 is 5.97 Å². The molecule has 0 aliphatic carbocycles. The summed E-state index contributed by atoms with van der Waals surface area (Å²) in [5, 5.41) is 0. The first-order valence-electron chi connectivity index (χ1n) is 8.76. The lowest BCUT2D eigenvalue weighted by atomic mass is 10.3. The Hall–Kier alpha value is -3.00. The highest BCUT2D eigenvalue weighted by Crippen LogP contribution is 2.19. The number of aromatic nitrogens is 1. The first-order chi connectivity index (χ1) is 13.6. The van der Waals surface area contributed by atoms with Gasteiger partial charge in [0.25, 0.3) is 5.91 Å². The third-order valence-corrected chi connectivity index (χ3v) is 4.86. The summed E-state index contributed by atoms with van der Waals surface area (Å²) in [6.45, 7) is 2.09. The number of carbonyl (C=O) groups excluding carboxylic acids is 2. The Bertz CT molecular complexity index is 1040. The molecule has 0 spiro atoms. The maximum Gasteiger partial charge on any atom is 0.307 e. The van der Waals surface area contributed by atoms with E-state index in [1.165, 1.54) is 23.5 Å². The van der Waals surface area contributed by atoms with Crippen LogP contribution in [0.3, 0.4) is 0 Å². The molecule has 0 aliphatic rings. The van der Waals surface area contributed by atoms with Gasteiger partial charge in [0, 0.05) is 6.54 Å². The molecule has 2 aromatic carbocycles. The zero-order valence-electron chi connectivity index (χ0n) is 15.3. The summed E-state index contributed by atoms with van der Waals surface area (Å²) in [6.07, 6.45) is 0.124. The Morgan fingerprint density at radius 3 is 2.71 bits per heavy atom. The molecule has 1 heterocycles. The van der Waals surface area contributed by atoms with E-state index in [-0.39, 0.29) is 31.4 Å². The highest BCUT2D eigenvalue weighted by atomic mass is 32.1. The second-order valence-electron chi connectivity index (χ2n) is 5.81. The molecule has 0 saturated carbocycles. The summed E-state index contributed by atoms with van der Waals surface area (Å²) < 4.78 is 26.3. The van der Waals surface area contributed by atoms with Gasteiger partial charge in [0.1, 0.15) is 11.6 Å². The normalized spacial score (nSPS) is 11.6. The second kappa shape index (κ2) is 9.27.